The first-order valence-corrected chi connectivity index (χ1v) is 6.40. The minimum Gasteiger partial charge on any atom is -0.300 e. The van der Waals surface area contributed by atoms with E-state index in [1.54, 1.807) is 12.4 Å². The molecule has 15 heavy (non-hydrogen) atoms. The van der Waals surface area contributed by atoms with Crippen LogP contribution in [0.3, 0.4) is 0 Å². The van der Waals surface area contributed by atoms with E-state index in [2.05, 4.69) is 20.9 Å². The van der Waals surface area contributed by atoms with E-state index in [1.807, 2.05) is 6.07 Å². The Labute approximate surface area is 103 Å². The smallest absolute Gasteiger partial charge is 0.133 e. The fourth-order valence-corrected chi connectivity index (χ4v) is 1.76. The Morgan fingerprint density at radius 3 is 2.93 bits per heavy atom. The van der Waals surface area contributed by atoms with Crippen LogP contribution in [0.2, 0.25) is 5.02 Å². The number of halogens is 2. The molecule has 0 N–H and O–H groups in total. The highest BCUT2D eigenvalue weighted by molar-refractivity contribution is 9.09. The molecule has 0 saturated heterocycles. The number of Topliss-reactive ketones (excluding diaryl/α,β-unsaturated/α-hetero) is 1. The summed E-state index contributed by atoms with van der Waals surface area (Å²) in [5, 5.41) is 1.53. The lowest BCUT2D eigenvalue weighted by molar-refractivity contribution is -0.119. The average Bonchev–Trinajstić information content (AvgIpc) is 2.25. The van der Waals surface area contributed by atoms with E-state index in [-0.39, 0.29) is 0 Å². The molecule has 0 aliphatic rings. The fraction of sp³-hybridized carbons (Fsp3) is 0.455. The minimum atomic E-state index is 0.294. The quantitative estimate of drug-likeness (QED) is 0.752. The van der Waals surface area contributed by atoms with E-state index >= 15 is 0 Å². The van der Waals surface area contributed by atoms with Crippen molar-refractivity contribution in [2.75, 3.05) is 5.33 Å². The highest BCUT2D eigenvalue weighted by Gasteiger charge is 2.04. The minimum absolute atomic E-state index is 0.294. The zero-order valence-electron chi connectivity index (χ0n) is 8.38. The lowest BCUT2D eigenvalue weighted by atomic mass is 10.1. The maximum Gasteiger partial charge on any atom is 0.133 e. The van der Waals surface area contributed by atoms with Crippen LogP contribution in [0.4, 0.5) is 0 Å². The number of alkyl halides is 1. The van der Waals surface area contributed by atoms with Crippen molar-refractivity contribution in [1.29, 1.82) is 0 Å². The molecular weight excluding hydrogens is 277 g/mol. The van der Waals surface area contributed by atoms with Crippen LogP contribution >= 0.6 is 27.5 Å². The van der Waals surface area contributed by atoms with Gasteiger partial charge in [-0.15, -0.1) is 0 Å². The molecule has 0 aromatic carbocycles. The highest BCUT2D eigenvalue weighted by atomic mass is 79.9. The normalized spacial score (nSPS) is 10.3. The maximum absolute atomic E-state index is 11.4. The molecule has 0 fully saturated rings. The van der Waals surface area contributed by atoms with Gasteiger partial charge in [-0.1, -0.05) is 27.5 Å². The van der Waals surface area contributed by atoms with Crippen LogP contribution in [0, 0.1) is 0 Å². The summed E-state index contributed by atoms with van der Waals surface area (Å²) in [6, 6.07) is 1.86. The van der Waals surface area contributed by atoms with Gasteiger partial charge in [-0.05, 0) is 24.5 Å². The Kier molecular flexibility index (Phi) is 5.88. The molecule has 0 aliphatic heterocycles. The highest BCUT2D eigenvalue weighted by Crippen LogP contribution is 2.15. The maximum atomic E-state index is 11.4. The van der Waals surface area contributed by atoms with E-state index in [4.69, 9.17) is 11.6 Å². The van der Waals surface area contributed by atoms with Gasteiger partial charge in [0.05, 0.1) is 5.02 Å². The van der Waals surface area contributed by atoms with Crippen LogP contribution in [-0.4, -0.2) is 16.1 Å². The number of hydrogen-bond acceptors (Lipinski definition) is 2. The molecule has 0 spiro atoms. The van der Waals surface area contributed by atoms with Crippen molar-refractivity contribution in [3.63, 3.8) is 0 Å². The van der Waals surface area contributed by atoms with Gasteiger partial charge >= 0.3 is 0 Å². The molecule has 0 radical (unpaired) electrons. The molecule has 4 heteroatoms. The van der Waals surface area contributed by atoms with Gasteiger partial charge in [-0.2, -0.15) is 0 Å². The van der Waals surface area contributed by atoms with Gasteiger partial charge in [0.2, 0.25) is 0 Å². The monoisotopic (exact) mass is 289 g/mol. The predicted octanol–water partition coefficient (Wildman–Crippen LogP) is 3.41. The summed E-state index contributed by atoms with van der Waals surface area (Å²) in [6.45, 7) is 0. The second-order valence-corrected chi connectivity index (χ2v) is 4.50. The van der Waals surface area contributed by atoms with E-state index in [0.29, 0.717) is 30.1 Å². The average molecular weight is 291 g/mol. The Hall–Kier alpha value is -0.410. The van der Waals surface area contributed by atoms with Crippen molar-refractivity contribution in [1.82, 2.24) is 4.98 Å². The predicted molar refractivity (Wildman–Crippen MR) is 65.6 cm³/mol. The topological polar surface area (TPSA) is 30.0 Å². The zero-order chi connectivity index (χ0) is 11.1. The number of ketones is 1. The molecule has 0 aliphatic carbocycles. The van der Waals surface area contributed by atoms with Crippen molar-refractivity contribution >= 4 is 33.3 Å². The molecule has 0 saturated carbocycles. The SMILES string of the molecule is O=C(CCCBr)CCc1ccncc1Cl. The van der Waals surface area contributed by atoms with Crippen molar-refractivity contribution in [3.05, 3.63) is 29.0 Å². The Bertz CT molecular complexity index is 330. The molecule has 1 rings (SSSR count). The molecule has 82 valence electrons. The Morgan fingerprint density at radius 1 is 1.47 bits per heavy atom. The summed E-state index contributed by atoms with van der Waals surface area (Å²) in [7, 11) is 0. The first-order chi connectivity index (χ1) is 7.24. The molecule has 1 heterocycles. The Morgan fingerprint density at radius 2 is 2.27 bits per heavy atom. The molecular formula is C11H13BrClNO. The van der Waals surface area contributed by atoms with E-state index in [1.165, 1.54) is 0 Å². The summed E-state index contributed by atoms with van der Waals surface area (Å²) >= 11 is 9.23. The van der Waals surface area contributed by atoms with Crippen LogP contribution < -0.4 is 0 Å². The summed E-state index contributed by atoms with van der Waals surface area (Å²) < 4.78 is 0. The summed E-state index contributed by atoms with van der Waals surface area (Å²) in [5.41, 5.74) is 0.999. The lowest BCUT2D eigenvalue weighted by Crippen LogP contribution is -2.00. The van der Waals surface area contributed by atoms with Crippen molar-refractivity contribution in [2.45, 2.75) is 25.7 Å². The first kappa shape index (κ1) is 12.7. The van der Waals surface area contributed by atoms with Gasteiger partial charge in [0.15, 0.2) is 0 Å². The van der Waals surface area contributed by atoms with Gasteiger partial charge in [-0.3, -0.25) is 9.78 Å². The van der Waals surface area contributed by atoms with Crippen molar-refractivity contribution in [3.8, 4) is 0 Å². The number of hydrogen-bond donors (Lipinski definition) is 0. The first-order valence-electron chi connectivity index (χ1n) is 4.90. The largest absolute Gasteiger partial charge is 0.300 e. The van der Waals surface area contributed by atoms with Crippen LogP contribution in [0.25, 0.3) is 0 Å². The number of carbonyl (C=O) groups excluding carboxylic acids is 1. The third kappa shape index (κ3) is 4.76. The summed E-state index contributed by atoms with van der Waals surface area (Å²) in [6.07, 6.45) is 6.14. The fourth-order valence-electron chi connectivity index (χ4n) is 1.27. The van der Waals surface area contributed by atoms with Crippen molar-refractivity contribution < 1.29 is 4.79 Å². The standard InChI is InChI=1S/C11H13BrClNO/c12-6-1-2-10(15)4-3-9-5-7-14-8-11(9)13/h5,7-8H,1-4,6H2. The van der Waals surface area contributed by atoms with Gasteiger partial charge in [0.25, 0.3) is 0 Å². The van der Waals surface area contributed by atoms with Crippen LogP contribution in [0.1, 0.15) is 24.8 Å². The number of pyridine rings is 1. The van der Waals surface area contributed by atoms with Gasteiger partial charge in [0.1, 0.15) is 5.78 Å². The van der Waals surface area contributed by atoms with Crippen LogP contribution in [-0.2, 0) is 11.2 Å². The third-order valence-corrected chi connectivity index (χ3v) is 3.02. The number of aromatic nitrogens is 1. The second-order valence-electron chi connectivity index (χ2n) is 3.30. The lowest BCUT2D eigenvalue weighted by Gasteiger charge is -2.02. The third-order valence-electron chi connectivity index (χ3n) is 2.12. The second kappa shape index (κ2) is 6.96. The molecule has 0 bridgehead atoms. The zero-order valence-corrected chi connectivity index (χ0v) is 10.7. The number of aryl methyl sites for hydroxylation is 1. The van der Waals surface area contributed by atoms with Crippen LogP contribution in [0.5, 0.6) is 0 Å². The Balaban J connectivity index is 2.37. The summed E-state index contributed by atoms with van der Waals surface area (Å²) in [4.78, 5) is 15.3. The molecule has 0 unspecified atom stereocenters. The molecule has 0 amide bonds. The summed E-state index contributed by atoms with van der Waals surface area (Å²) in [5.74, 6) is 0.294. The number of rotatable bonds is 6. The van der Waals surface area contributed by atoms with Crippen molar-refractivity contribution in [2.24, 2.45) is 0 Å². The molecule has 2 nitrogen and oxygen atoms in total. The number of carbonyl (C=O) groups is 1. The van der Waals surface area contributed by atoms with Gasteiger partial charge in [0, 0.05) is 30.6 Å². The van der Waals surface area contributed by atoms with Crippen LogP contribution in [0.15, 0.2) is 18.5 Å². The van der Waals surface area contributed by atoms with E-state index < -0.39 is 0 Å². The van der Waals surface area contributed by atoms with E-state index in [0.717, 1.165) is 17.3 Å². The molecule has 1 aromatic rings. The molecule has 0 atom stereocenters. The molecule has 1 aromatic heterocycles. The van der Waals surface area contributed by atoms with Gasteiger partial charge < -0.3 is 0 Å². The number of nitrogens with zero attached hydrogens (tertiary/aromatic N) is 1. The van der Waals surface area contributed by atoms with E-state index in [9.17, 15) is 4.79 Å². The van der Waals surface area contributed by atoms with Gasteiger partial charge in [-0.25, -0.2) is 0 Å².